The molecule has 2 aromatic carbocycles. The third-order valence-corrected chi connectivity index (χ3v) is 9.04. The summed E-state index contributed by atoms with van der Waals surface area (Å²) < 4.78 is 47.8. The fourth-order valence-corrected chi connectivity index (χ4v) is 6.75. The average molecular weight is 575 g/mol. The van der Waals surface area contributed by atoms with Gasteiger partial charge in [-0.05, 0) is 61.6 Å². The van der Waals surface area contributed by atoms with Crippen LogP contribution in [0.3, 0.4) is 0 Å². The Morgan fingerprint density at radius 1 is 1.24 bits per heavy atom. The SMILES string of the molecule is COc1cccc(CNc2cnc(S(=O)(=O)Nc3nc(-c4ccc(F)c(Cl)c4)c(C4CC4)s3)c(C)c2)c1O. The van der Waals surface area contributed by atoms with Gasteiger partial charge in [-0.25, -0.2) is 14.4 Å². The molecule has 0 amide bonds. The van der Waals surface area contributed by atoms with Gasteiger partial charge in [-0.2, -0.15) is 8.42 Å². The van der Waals surface area contributed by atoms with E-state index in [1.807, 2.05) is 0 Å². The van der Waals surface area contributed by atoms with Crippen LogP contribution in [0.1, 0.15) is 34.8 Å². The van der Waals surface area contributed by atoms with Gasteiger partial charge in [0.25, 0.3) is 10.0 Å². The van der Waals surface area contributed by atoms with E-state index < -0.39 is 15.8 Å². The fourth-order valence-electron chi connectivity index (χ4n) is 4.02. The highest BCUT2D eigenvalue weighted by molar-refractivity contribution is 7.92. The number of aromatic nitrogens is 2. The maximum absolute atomic E-state index is 13.7. The molecule has 198 valence electrons. The number of sulfonamides is 1. The average Bonchev–Trinajstić information content (AvgIpc) is 3.65. The van der Waals surface area contributed by atoms with Gasteiger partial charge in [0.15, 0.2) is 21.7 Å². The number of halogens is 2. The first kappa shape index (κ1) is 26.2. The highest BCUT2D eigenvalue weighted by atomic mass is 35.5. The van der Waals surface area contributed by atoms with Gasteiger partial charge in [-0.15, -0.1) is 11.3 Å². The number of aryl methyl sites for hydroxylation is 1. The molecular formula is C26H24ClFN4O4S2. The van der Waals surface area contributed by atoms with Crippen molar-refractivity contribution in [2.45, 2.75) is 37.3 Å². The standard InChI is InChI=1S/C26H24ClFN4O4S2/c1-14-10-18(29-12-17-4-3-5-21(36-2)23(17)33)13-30-25(14)38(34,35)32-26-31-22(24(37-26)15-6-7-15)16-8-9-20(28)19(27)11-16/h3-5,8-11,13,15,29,33H,6-7,12H2,1-2H3,(H,31,32). The first-order valence-corrected chi connectivity index (χ1v) is 14.4. The molecule has 1 saturated carbocycles. The highest BCUT2D eigenvalue weighted by Crippen LogP contribution is 2.48. The first-order valence-electron chi connectivity index (χ1n) is 11.7. The summed E-state index contributed by atoms with van der Waals surface area (Å²) >= 11 is 7.23. The Bertz CT molecular complexity index is 1620. The van der Waals surface area contributed by atoms with Crippen molar-refractivity contribution < 1.29 is 22.7 Å². The summed E-state index contributed by atoms with van der Waals surface area (Å²) in [6, 6.07) is 11.2. The fraction of sp³-hybridized carbons (Fsp3) is 0.231. The van der Waals surface area contributed by atoms with Gasteiger partial charge in [-0.1, -0.05) is 23.7 Å². The van der Waals surface area contributed by atoms with Crippen LogP contribution in [0.25, 0.3) is 11.3 Å². The Kier molecular flexibility index (Phi) is 7.17. The molecule has 2 heterocycles. The van der Waals surface area contributed by atoms with Crippen molar-refractivity contribution in [2.24, 2.45) is 0 Å². The number of nitrogens with one attached hydrogen (secondary N) is 2. The van der Waals surface area contributed by atoms with Gasteiger partial charge in [0.1, 0.15) is 5.82 Å². The number of ether oxygens (including phenoxy) is 1. The van der Waals surface area contributed by atoms with Crippen molar-refractivity contribution in [1.82, 2.24) is 9.97 Å². The topological polar surface area (TPSA) is 113 Å². The summed E-state index contributed by atoms with van der Waals surface area (Å²) in [5, 5.41) is 13.5. The number of phenolic OH excluding ortho intramolecular Hbond substituents is 1. The van der Waals surface area contributed by atoms with Crippen LogP contribution < -0.4 is 14.8 Å². The minimum atomic E-state index is -4.03. The second kappa shape index (κ2) is 10.4. The van der Waals surface area contributed by atoms with Crippen molar-refractivity contribution in [3.63, 3.8) is 0 Å². The van der Waals surface area contributed by atoms with Gasteiger partial charge < -0.3 is 15.2 Å². The van der Waals surface area contributed by atoms with Gasteiger partial charge in [0.05, 0.1) is 29.7 Å². The van der Waals surface area contributed by atoms with Gasteiger partial charge >= 0.3 is 0 Å². The molecule has 2 aromatic heterocycles. The number of rotatable bonds is 9. The van der Waals surface area contributed by atoms with Crippen molar-refractivity contribution >= 4 is 43.8 Å². The molecule has 8 nitrogen and oxygen atoms in total. The van der Waals surface area contributed by atoms with Gasteiger partial charge in [0.2, 0.25) is 0 Å². The van der Waals surface area contributed by atoms with E-state index in [9.17, 15) is 17.9 Å². The van der Waals surface area contributed by atoms with E-state index >= 15 is 0 Å². The summed E-state index contributed by atoms with van der Waals surface area (Å²) in [7, 11) is -2.56. The number of phenols is 1. The molecule has 0 spiro atoms. The normalized spacial score (nSPS) is 13.4. The molecule has 12 heteroatoms. The quantitative estimate of drug-likeness (QED) is 0.215. The minimum absolute atomic E-state index is 0.0190. The van der Waals surface area contributed by atoms with E-state index in [2.05, 4.69) is 20.0 Å². The van der Waals surface area contributed by atoms with Crippen LogP contribution in [0.15, 0.2) is 53.7 Å². The number of anilines is 2. The van der Waals surface area contributed by atoms with E-state index in [-0.39, 0.29) is 27.5 Å². The second-order valence-electron chi connectivity index (χ2n) is 8.91. The van der Waals surface area contributed by atoms with Crippen LogP contribution in [0.4, 0.5) is 15.2 Å². The molecule has 1 fully saturated rings. The molecule has 0 bridgehead atoms. The summed E-state index contributed by atoms with van der Waals surface area (Å²) in [5.74, 6) is 0.161. The van der Waals surface area contributed by atoms with Crippen molar-refractivity contribution in [3.8, 4) is 22.8 Å². The predicted molar refractivity (Wildman–Crippen MR) is 146 cm³/mol. The van der Waals surface area contributed by atoms with Crippen molar-refractivity contribution in [1.29, 1.82) is 0 Å². The van der Waals surface area contributed by atoms with E-state index in [1.165, 1.54) is 36.8 Å². The second-order valence-corrected chi connectivity index (χ2v) is 11.9. The van der Waals surface area contributed by atoms with Crippen LogP contribution in [0.2, 0.25) is 5.02 Å². The number of thiazole rings is 1. The lowest BCUT2D eigenvalue weighted by molar-refractivity contribution is 0.371. The number of hydrogen-bond donors (Lipinski definition) is 3. The number of hydrogen-bond acceptors (Lipinski definition) is 8. The number of aromatic hydroxyl groups is 1. The van der Waals surface area contributed by atoms with E-state index in [0.717, 1.165) is 17.7 Å². The first-order chi connectivity index (χ1) is 18.2. The number of methoxy groups -OCH3 is 1. The summed E-state index contributed by atoms with van der Waals surface area (Å²) in [5.41, 5.74) is 2.87. The van der Waals surface area contributed by atoms with Crippen molar-refractivity contribution in [3.05, 3.63) is 75.5 Å². The smallest absolute Gasteiger partial charge is 0.281 e. The molecule has 0 atom stereocenters. The molecule has 1 aliphatic carbocycles. The summed E-state index contributed by atoms with van der Waals surface area (Å²) in [6.07, 6.45) is 3.39. The van der Waals surface area contributed by atoms with Crippen molar-refractivity contribution in [2.75, 3.05) is 17.1 Å². The van der Waals surface area contributed by atoms with Crippen LogP contribution in [-0.4, -0.2) is 30.6 Å². The van der Waals surface area contributed by atoms with Crippen LogP contribution in [-0.2, 0) is 16.6 Å². The molecule has 38 heavy (non-hydrogen) atoms. The maximum atomic E-state index is 13.7. The molecule has 1 aliphatic rings. The third-order valence-electron chi connectivity index (χ3n) is 6.09. The third kappa shape index (κ3) is 5.40. The van der Waals surface area contributed by atoms with E-state index in [4.69, 9.17) is 16.3 Å². The predicted octanol–water partition coefficient (Wildman–Crippen LogP) is 6.31. The molecule has 0 aliphatic heterocycles. The van der Waals surface area contributed by atoms with Crippen LogP contribution >= 0.6 is 22.9 Å². The molecule has 0 saturated heterocycles. The number of para-hydroxylation sites is 1. The van der Waals surface area contributed by atoms with Crippen LogP contribution in [0.5, 0.6) is 11.5 Å². The van der Waals surface area contributed by atoms with E-state index in [1.54, 1.807) is 37.3 Å². The number of nitrogens with zero attached hydrogens (tertiary/aromatic N) is 2. The largest absolute Gasteiger partial charge is 0.504 e. The Labute approximate surface area is 228 Å². The van der Waals surface area contributed by atoms with E-state index in [0.29, 0.717) is 39.7 Å². The number of benzene rings is 2. The zero-order chi connectivity index (χ0) is 27.0. The highest BCUT2D eigenvalue weighted by Gasteiger charge is 2.31. The minimum Gasteiger partial charge on any atom is -0.504 e. The Morgan fingerprint density at radius 3 is 2.71 bits per heavy atom. The molecular weight excluding hydrogens is 551 g/mol. The zero-order valence-corrected chi connectivity index (χ0v) is 22.8. The summed E-state index contributed by atoms with van der Waals surface area (Å²) in [4.78, 5) is 9.66. The molecule has 4 aromatic rings. The Balaban J connectivity index is 1.35. The van der Waals surface area contributed by atoms with Crippen LogP contribution in [0, 0.1) is 12.7 Å². The molecule has 5 rings (SSSR count). The molecule has 3 N–H and O–H groups in total. The Hall–Kier alpha value is -3.41. The molecule has 0 radical (unpaired) electrons. The lowest BCUT2D eigenvalue weighted by atomic mass is 10.1. The summed E-state index contributed by atoms with van der Waals surface area (Å²) in [6.45, 7) is 1.94. The molecule has 0 unspecified atom stereocenters. The monoisotopic (exact) mass is 574 g/mol. The van der Waals surface area contributed by atoms with Gasteiger partial charge in [-0.3, -0.25) is 4.72 Å². The number of pyridine rings is 1. The lowest BCUT2D eigenvalue weighted by Gasteiger charge is -2.12. The maximum Gasteiger partial charge on any atom is 0.281 e. The lowest BCUT2D eigenvalue weighted by Crippen LogP contribution is -2.16. The van der Waals surface area contributed by atoms with Gasteiger partial charge in [0, 0.05) is 22.5 Å². The zero-order valence-electron chi connectivity index (χ0n) is 20.5. The Morgan fingerprint density at radius 2 is 2.03 bits per heavy atom.